The minimum Gasteiger partial charge on any atom is -0.495 e. The van der Waals surface area contributed by atoms with Crippen LogP contribution in [0.15, 0.2) is 42.5 Å². The average Bonchev–Trinajstić information content (AvgIpc) is 2.98. The molecule has 0 heterocycles. The van der Waals surface area contributed by atoms with E-state index in [0.29, 0.717) is 0 Å². The van der Waals surface area contributed by atoms with Gasteiger partial charge in [-0.2, -0.15) is 47.9 Å². The zero-order valence-electron chi connectivity index (χ0n) is 18.5. The Morgan fingerprint density at radius 3 is 1.97 bits per heavy atom. The first-order valence-corrected chi connectivity index (χ1v) is 12.0. The number of fused-ring (bicyclic) bond motifs is 1. The molecule has 0 atom stereocenters. The van der Waals surface area contributed by atoms with Crippen molar-refractivity contribution >= 4 is 33.1 Å². The summed E-state index contributed by atoms with van der Waals surface area (Å²) >= 11 is 6.26. The van der Waals surface area contributed by atoms with Crippen LogP contribution in [0.25, 0.3) is 11.3 Å². The molecule has 0 saturated carbocycles. The fourth-order valence-corrected chi connectivity index (χ4v) is 4.92. The third-order valence-electron chi connectivity index (χ3n) is 5.55. The van der Waals surface area contributed by atoms with E-state index in [1.165, 1.54) is 37.4 Å². The third kappa shape index (κ3) is 4.73. The van der Waals surface area contributed by atoms with Crippen molar-refractivity contribution < 1.29 is 56.9 Å². The van der Waals surface area contributed by atoms with Gasteiger partial charge < -0.3 is 8.92 Å². The molecule has 15 heteroatoms. The van der Waals surface area contributed by atoms with Crippen LogP contribution in [-0.2, 0) is 20.7 Å². The Bertz CT molecular complexity index is 1310. The molecule has 204 valence electrons. The van der Waals surface area contributed by atoms with E-state index in [9.17, 15) is 47.9 Å². The summed E-state index contributed by atoms with van der Waals surface area (Å²) in [6, 6.07) is 9.55. The summed E-state index contributed by atoms with van der Waals surface area (Å²) in [6.45, 7) is 0. The number of allylic oxidation sites excluding steroid dienone is 1. The molecule has 0 fully saturated rings. The van der Waals surface area contributed by atoms with Crippen LogP contribution in [0, 0.1) is 0 Å². The van der Waals surface area contributed by atoms with Gasteiger partial charge in [0, 0.05) is 11.1 Å². The van der Waals surface area contributed by atoms with Gasteiger partial charge in [0.2, 0.25) is 0 Å². The van der Waals surface area contributed by atoms with Gasteiger partial charge in [0.1, 0.15) is 5.75 Å². The number of methoxy groups -OCH3 is 1. The Morgan fingerprint density at radius 2 is 1.43 bits per heavy atom. The Morgan fingerprint density at radius 1 is 0.838 bits per heavy atom. The Labute approximate surface area is 209 Å². The quantitative estimate of drug-likeness (QED) is 0.253. The topological polar surface area (TPSA) is 52.6 Å². The summed E-state index contributed by atoms with van der Waals surface area (Å²) in [7, 11) is -5.95. The Kier molecular flexibility index (Phi) is 7.52. The molecular formula is C22H16ClF9O4S. The van der Waals surface area contributed by atoms with Gasteiger partial charge in [-0.15, -0.1) is 0 Å². The third-order valence-corrected chi connectivity index (χ3v) is 7.23. The number of benzene rings is 2. The normalized spacial score (nSPS) is 15.8. The van der Waals surface area contributed by atoms with Crippen molar-refractivity contribution in [2.24, 2.45) is 0 Å². The van der Waals surface area contributed by atoms with Gasteiger partial charge in [0.15, 0.2) is 5.76 Å². The van der Waals surface area contributed by atoms with Crippen molar-refractivity contribution in [3.63, 3.8) is 0 Å². The van der Waals surface area contributed by atoms with Gasteiger partial charge in [-0.25, -0.2) is 0 Å². The van der Waals surface area contributed by atoms with E-state index in [1.807, 2.05) is 0 Å². The van der Waals surface area contributed by atoms with Crippen molar-refractivity contribution in [3.05, 3.63) is 64.2 Å². The number of hydrogen-bond donors (Lipinski definition) is 0. The lowest BCUT2D eigenvalue weighted by Gasteiger charge is -2.33. The van der Waals surface area contributed by atoms with Crippen LogP contribution in [0.4, 0.5) is 39.5 Å². The molecule has 4 nitrogen and oxygen atoms in total. The summed E-state index contributed by atoms with van der Waals surface area (Å²) in [4.78, 5) is 0. The first-order chi connectivity index (χ1) is 16.9. The number of rotatable bonds is 7. The number of halogens is 10. The van der Waals surface area contributed by atoms with E-state index in [-0.39, 0.29) is 52.3 Å². The molecule has 0 spiro atoms. The van der Waals surface area contributed by atoms with E-state index in [4.69, 9.17) is 16.3 Å². The molecule has 2 aromatic carbocycles. The number of hydrogen-bond acceptors (Lipinski definition) is 4. The molecule has 0 radical (unpaired) electrons. The lowest BCUT2D eigenvalue weighted by molar-refractivity contribution is -0.382. The highest BCUT2D eigenvalue weighted by atomic mass is 35.5. The maximum atomic E-state index is 14.5. The molecule has 0 bridgehead atoms. The molecule has 37 heavy (non-hydrogen) atoms. The van der Waals surface area contributed by atoms with Crippen LogP contribution in [0.1, 0.15) is 29.5 Å². The lowest BCUT2D eigenvalue weighted by atomic mass is 9.99. The SMILES string of the molecule is COc1ccc2c(c1Cl)CCCC(c1ccccc1)=C2OS(=O)(=O)C(F)(F)C(F)(F)C(F)(F)C(F)(F)F. The highest BCUT2D eigenvalue weighted by Crippen LogP contribution is 2.56. The molecule has 1 aliphatic carbocycles. The average molecular weight is 583 g/mol. The summed E-state index contributed by atoms with van der Waals surface area (Å²) in [5.74, 6) is -15.8. The first-order valence-electron chi connectivity index (χ1n) is 10.2. The fourth-order valence-electron chi connectivity index (χ4n) is 3.62. The minimum absolute atomic E-state index is 0.0764. The molecule has 0 saturated heterocycles. The second kappa shape index (κ2) is 9.61. The van der Waals surface area contributed by atoms with Crippen molar-refractivity contribution in [2.45, 2.75) is 42.5 Å². The monoisotopic (exact) mass is 582 g/mol. The summed E-state index contributed by atoms with van der Waals surface area (Å²) < 4.78 is 155. The molecule has 0 unspecified atom stereocenters. The maximum Gasteiger partial charge on any atom is 0.460 e. The van der Waals surface area contributed by atoms with Crippen LogP contribution in [0.2, 0.25) is 5.02 Å². The predicted molar refractivity (Wildman–Crippen MR) is 115 cm³/mol. The molecular weight excluding hydrogens is 567 g/mol. The minimum atomic E-state index is -7.43. The van der Waals surface area contributed by atoms with E-state index in [1.54, 1.807) is 6.07 Å². The van der Waals surface area contributed by atoms with E-state index < -0.39 is 39.2 Å². The first kappa shape index (κ1) is 29.0. The van der Waals surface area contributed by atoms with E-state index in [2.05, 4.69) is 4.18 Å². The zero-order valence-corrected chi connectivity index (χ0v) is 20.1. The molecule has 0 N–H and O–H groups in total. The van der Waals surface area contributed by atoms with Gasteiger partial charge in [-0.05, 0) is 42.5 Å². The second-order valence-electron chi connectivity index (χ2n) is 7.84. The van der Waals surface area contributed by atoms with E-state index >= 15 is 0 Å². The standard InChI is InChI=1S/C22H16ClF9O4S/c1-35-16-11-10-15-14(17(16)23)9-5-8-13(12-6-3-2-4-7-12)18(15)36-37(33,34)22(31,32)20(26,27)19(24,25)21(28,29)30/h2-4,6-7,10-11H,5,8-9H2,1H3. The summed E-state index contributed by atoms with van der Waals surface area (Å²) in [5, 5.41) is -7.12. The Balaban J connectivity index is 2.26. The molecule has 0 amide bonds. The highest BCUT2D eigenvalue weighted by molar-refractivity contribution is 7.88. The molecule has 1 aliphatic rings. The van der Waals surface area contributed by atoms with Crippen LogP contribution < -0.4 is 4.74 Å². The van der Waals surface area contributed by atoms with Crippen LogP contribution in [0.5, 0.6) is 5.75 Å². The summed E-state index contributed by atoms with van der Waals surface area (Å²) in [5.41, 5.74) is -0.130. The molecule has 2 aromatic rings. The van der Waals surface area contributed by atoms with Crippen LogP contribution in [0.3, 0.4) is 0 Å². The van der Waals surface area contributed by atoms with E-state index in [0.717, 1.165) is 6.07 Å². The molecule has 0 aliphatic heterocycles. The summed E-state index contributed by atoms with van der Waals surface area (Å²) in [6.07, 6.45) is -7.01. The van der Waals surface area contributed by atoms with Gasteiger partial charge >= 0.3 is 33.4 Å². The van der Waals surface area contributed by atoms with Crippen molar-refractivity contribution in [1.82, 2.24) is 0 Å². The highest BCUT2D eigenvalue weighted by Gasteiger charge is 2.86. The van der Waals surface area contributed by atoms with Crippen LogP contribution in [-0.4, -0.2) is 38.8 Å². The largest absolute Gasteiger partial charge is 0.495 e. The number of ether oxygens (including phenoxy) is 1. The van der Waals surface area contributed by atoms with Gasteiger partial charge in [-0.1, -0.05) is 41.9 Å². The van der Waals surface area contributed by atoms with Crippen molar-refractivity contribution in [3.8, 4) is 5.75 Å². The van der Waals surface area contributed by atoms with Crippen molar-refractivity contribution in [2.75, 3.05) is 7.11 Å². The smallest absolute Gasteiger partial charge is 0.460 e. The van der Waals surface area contributed by atoms with Crippen molar-refractivity contribution in [1.29, 1.82) is 0 Å². The van der Waals surface area contributed by atoms with Crippen LogP contribution >= 0.6 is 11.6 Å². The number of alkyl halides is 9. The fraction of sp³-hybridized carbons (Fsp3) is 0.364. The van der Waals surface area contributed by atoms with Gasteiger partial charge in [-0.3, -0.25) is 0 Å². The van der Waals surface area contributed by atoms with Gasteiger partial charge in [0.05, 0.1) is 12.1 Å². The molecule has 3 rings (SSSR count). The zero-order chi connectivity index (χ0) is 28.0. The Hall–Kier alpha value is -2.61. The molecule has 0 aromatic heterocycles. The van der Waals surface area contributed by atoms with Gasteiger partial charge in [0.25, 0.3) is 0 Å². The lowest BCUT2D eigenvalue weighted by Crippen LogP contribution is -2.63. The maximum absolute atomic E-state index is 14.5. The second-order valence-corrected chi connectivity index (χ2v) is 9.80. The predicted octanol–water partition coefficient (Wildman–Crippen LogP) is 7.33.